The monoisotopic (exact) mass is 329 g/mol. The van der Waals surface area contributed by atoms with Crippen LogP contribution in [0.1, 0.15) is 38.3 Å². The van der Waals surface area contributed by atoms with Gasteiger partial charge in [0.2, 0.25) is 0 Å². The molecule has 1 heterocycles. The van der Waals surface area contributed by atoms with E-state index in [2.05, 4.69) is 15.9 Å². The maximum atomic E-state index is 13.9. The second-order valence-corrected chi connectivity index (χ2v) is 6.13. The van der Waals surface area contributed by atoms with E-state index in [1.54, 1.807) is 19.1 Å². The Hall–Kier alpha value is -0.940. The number of likely N-dealkylation sites (tertiary alicyclic amines) is 1. The number of hydrogen-bond acceptors (Lipinski definition) is 2. The molecule has 1 aromatic rings. The molecule has 1 aromatic carbocycles. The zero-order chi connectivity index (χ0) is 14.2. The van der Waals surface area contributed by atoms with Crippen molar-refractivity contribution in [1.82, 2.24) is 4.90 Å². The minimum absolute atomic E-state index is 0.263. The van der Waals surface area contributed by atoms with Crippen molar-refractivity contribution in [2.24, 2.45) is 0 Å². The predicted octanol–water partition coefficient (Wildman–Crippen LogP) is 3.59. The zero-order valence-corrected chi connectivity index (χ0v) is 12.6. The van der Waals surface area contributed by atoms with Gasteiger partial charge in [0, 0.05) is 16.1 Å². The van der Waals surface area contributed by atoms with Gasteiger partial charge in [-0.2, -0.15) is 0 Å². The molecule has 0 spiro atoms. The summed E-state index contributed by atoms with van der Waals surface area (Å²) in [6.45, 7) is 4.25. The Kier molecular flexibility index (Phi) is 3.97. The summed E-state index contributed by atoms with van der Waals surface area (Å²) in [5.74, 6) is -1.14. The molecule has 3 nitrogen and oxygen atoms in total. The lowest BCUT2D eigenvalue weighted by molar-refractivity contribution is -0.149. The highest BCUT2D eigenvalue weighted by molar-refractivity contribution is 9.10. The molecule has 2 rings (SSSR count). The van der Waals surface area contributed by atoms with E-state index in [0.717, 1.165) is 10.9 Å². The summed E-state index contributed by atoms with van der Waals surface area (Å²) in [6.07, 6.45) is 1.42. The van der Waals surface area contributed by atoms with Gasteiger partial charge in [0.15, 0.2) is 0 Å². The second-order valence-electron chi connectivity index (χ2n) is 5.22. The van der Waals surface area contributed by atoms with Crippen molar-refractivity contribution in [3.63, 3.8) is 0 Å². The summed E-state index contributed by atoms with van der Waals surface area (Å²) in [6, 6.07) is 4.51. The van der Waals surface area contributed by atoms with Crippen LogP contribution in [-0.4, -0.2) is 28.1 Å². The zero-order valence-electron chi connectivity index (χ0n) is 11.0. The van der Waals surface area contributed by atoms with E-state index in [1.165, 1.54) is 6.07 Å². The fourth-order valence-corrected chi connectivity index (χ4v) is 3.22. The summed E-state index contributed by atoms with van der Waals surface area (Å²) >= 11 is 3.33. The molecule has 5 heteroatoms. The number of aliphatic carboxylic acids is 1. The average molecular weight is 330 g/mol. The van der Waals surface area contributed by atoms with E-state index >= 15 is 0 Å². The van der Waals surface area contributed by atoms with Gasteiger partial charge in [0.25, 0.3) is 0 Å². The predicted molar refractivity (Wildman–Crippen MR) is 74.5 cm³/mol. The third-order valence-corrected chi connectivity index (χ3v) is 4.53. The highest BCUT2D eigenvalue weighted by Crippen LogP contribution is 2.38. The third-order valence-electron chi connectivity index (χ3n) is 4.03. The van der Waals surface area contributed by atoms with Crippen molar-refractivity contribution < 1.29 is 14.3 Å². The molecule has 0 aromatic heterocycles. The van der Waals surface area contributed by atoms with Crippen LogP contribution in [0.4, 0.5) is 4.39 Å². The Morgan fingerprint density at radius 2 is 2.26 bits per heavy atom. The van der Waals surface area contributed by atoms with E-state index in [1.807, 2.05) is 11.8 Å². The SMILES string of the molecule is CC(c1cc(Br)ccc1F)N1CCCC1(C)C(=O)O. The minimum atomic E-state index is -0.909. The van der Waals surface area contributed by atoms with E-state index in [4.69, 9.17) is 0 Å². The quantitative estimate of drug-likeness (QED) is 0.921. The third kappa shape index (κ3) is 2.54. The summed E-state index contributed by atoms with van der Waals surface area (Å²) < 4.78 is 14.7. The molecule has 0 amide bonds. The number of halogens is 2. The minimum Gasteiger partial charge on any atom is -0.480 e. The number of hydrogen-bond donors (Lipinski definition) is 1. The fourth-order valence-electron chi connectivity index (χ4n) is 2.84. The van der Waals surface area contributed by atoms with E-state index < -0.39 is 11.5 Å². The van der Waals surface area contributed by atoms with Crippen LogP contribution in [0.15, 0.2) is 22.7 Å². The van der Waals surface area contributed by atoms with Crippen LogP contribution in [0.25, 0.3) is 0 Å². The Bertz CT molecular complexity index is 508. The summed E-state index contributed by atoms with van der Waals surface area (Å²) in [5.41, 5.74) is -0.377. The molecule has 1 saturated heterocycles. The smallest absolute Gasteiger partial charge is 0.323 e. The van der Waals surface area contributed by atoms with E-state index in [9.17, 15) is 14.3 Å². The van der Waals surface area contributed by atoms with Crippen molar-refractivity contribution in [2.45, 2.75) is 38.3 Å². The Morgan fingerprint density at radius 1 is 1.58 bits per heavy atom. The number of rotatable bonds is 3. The molecule has 2 unspecified atom stereocenters. The molecule has 19 heavy (non-hydrogen) atoms. The van der Waals surface area contributed by atoms with Gasteiger partial charge >= 0.3 is 5.97 Å². The van der Waals surface area contributed by atoms with Crippen LogP contribution >= 0.6 is 15.9 Å². The second kappa shape index (κ2) is 5.21. The molecule has 0 radical (unpaired) electrons. The van der Waals surface area contributed by atoms with Gasteiger partial charge in [0.05, 0.1) is 0 Å². The van der Waals surface area contributed by atoms with Crippen molar-refractivity contribution >= 4 is 21.9 Å². The van der Waals surface area contributed by atoms with Crippen molar-refractivity contribution in [1.29, 1.82) is 0 Å². The molecule has 104 valence electrons. The number of carbonyl (C=O) groups is 1. The number of nitrogens with zero attached hydrogens (tertiary/aromatic N) is 1. The molecule has 2 atom stereocenters. The number of benzene rings is 1. The van der Waals surface area contributed by atoms with Gasteiger partial charge in [0.1, 0.15) is 11.4 Å². The standard InChI is InChI=1S/C14H17BrFNO2/c1-9(11-8-10(15)4-5-12(11)16)17-7-3-6-14(17,2)13(18)19/h4-5,8-9H,3,6-7H2,1-2H3,(H,18,19). The van der Waals surface area contributed by atoms with Crippen LogP contribution in [-0.2, 0) is 4.79 Å². The molecule has 0 aliphatic carbocycles. The normalized spacial score (nSPS) is 25.5. The van der Waals surface area contributed by atoms with Gasteiger partial charge in [-0.15, -0.1) is 0 Å². The molecule has 1 fully saturated rings. The lowest BCUT2D eigenvalue weighted by Gasteiger charge is -2.36. The van der Waals surface area contributed by atoms with Gasteiger partial charge in [-0.25, -0.2) is 4.39 Å². The maximum absolute atomic E-state index is 13.9. The molecule has 1 aliphatic rings. The van der Waals surface area contributed by atoms with Crippen molar-refractivity contribution in [3.05, 3.63) is 34.1 Å². The fraction of sp³-hybridized carbons (Fsp3) is 0.500. The van der Waals surface area contributed by atoms with Crippen LogP contribution < -0.4 is 0 Å². The van der Waals surface area contributed by atoms with Crippen LogP contribution in [0.3, 0.4) is 0 Å². The largest absolute Gasteiger partial charge is 0.480 e. The van der Waals surface area contributed by atoms with E-state index in [-0.39, 0.29) is 11.9 Å². The van der Waals surface area contributed by atoms with Crippen LogP contribution in [0, 0.1) is 5.82 Å². The number of carboxylic acids is 1. The highest BCUT2D eigenvalue weighted by Gasteiger charge is 2.45. The Balaban J connectivity index is 2.36. The molecule has 0 bridgehead atoms. The summed E-state index contributed by atoms with van der Waals surface area (Å²) in [5, 5.41) is 9.42. The molecular formula is C14H17BrFNO2. The van der Waals surface area contributed by atoms with Crippen LogP contribution in [0.2, 0.25) is 0 Å². The summed E-state index contributed by atoms with van der Waals surface area (Å²) in [4.78, 5) is 13.4. The lowest BCUT2D eigenvalue weighted by atomic mass is 9.96. The van der Waals surface area contributed by atoms with Gasteiger partial charge in [-0.05, 0) is 51.4 Å². The first-order valence-electron chi connectivity index (χ1n) is 6.31. The first-order chi connectivity index (χ1) is 8.86. The van der Waals surface area contributed by atoms with Crippen LogP contribution in [0.5, 0.6) is 0 Å². The maximum Gasteiger partial charge on any atom is 0.323 e. The van der Waals surface area contributed by atoms with Crippen molar-refractivity contribution in [2.75, 3.05) is 6.54 Å². The van der Waals surface area contributed by atoms with Gasteiger partial charge in [-0.1, -0.05) is 15.9 Å². The first-order valence-corrected chi connectivity index (χ1v) is 7.10. The Morgan fingerprint density at radius 3 is 2.89 bits per heavy atom. The van der Waals surface area contributed by atoms with Crippen molar-refractivity contribution in [3.8, 4) is 0 Å². The summed E-state index contributed by atoms with van der Waals surface area (Å²) in [7, 11) is 0. The first kappa shape index (κ1) is 14.5. The Labute approximate surface area is 120 Å². The topological polar surface area (TPSA) is 40.5 Å². The highest BCUT2D eigenvalue weighted by atomic mass is 79.9. The number of carboxylic acid groups (broad SMARTS) is 1. The molecular weight excluding hydrogens is 313 g/mol. The average Bonchev–Trinajstić information content (AvgIpc) is 2.75. The lowest BCUT2D eigenvalue weighted by Crippen LogP contribution is -2.49. The van der Waals surface area contributed by atoms with Gasteiger partial charge < -0.3 is 5.11 Å². The molecule has 1 N–H and O–H groups in total. The van der Waals surface area contributed by atoms with Gasteiger partial charge in [-0.3, -0.25) is 9.69 Å². The van der Waals surface area contributed by atoms with E-state index in [0.29, 0.717) is 18.5 Å². The molecule has 0 saturated carbocycles. The molecule has 1 aliphatic heterocycles.